The highest BCUT2D eigenvalue weighted by Crippen LogP contribution is 2.35. The van der Waals surface area contributed by atoms with Crippen LogP contribution in [0.5, 0.6) is 0 Å². The van der Waals surface area contributed by atoms with Crippen LogP contribution in [0, 0.1) is 0 Å². The molecule has 0 aromatic rings. The van der Waals surface area contributed by atoms with E-state index in [9.17, 15) is 26.3 Å². The van der Waals surface area contributed by atoms with Gasteiger partial charge < -0.3 is 0 Å². The number of hydrogen-bond acceptors (Lipinski definition) is 0. The second-order valence-corrected chi connectivity index (χ2v) is 2.19. The van der Waals surface area contributed by atoms with Gasteiger partial charge in [0.1, 0.15) is 6.42 Å². The van der Waals surface area contributed by atoms with Crippen molar-refractivity contribution in [3.63, 3.8) is 0 Å². The van der Waals surface area contributed by atoms with Gasteiger partial charge in [-0.3, -0.25) is 0 Å². The summed E-state index contributed by atoms with van der Waals surface area (Å²) in [5.74, 6) is -4.42. The first kappa shape index (κ1) is 11.3. The molecule has 1 unspecified atom stereocenters. The summed E-state index contributed by atoms with van der Waals surface area (Å²) in [4.78, 5) is 0. The predicted molar refractivity (Wildman–Crippen MR) is 30.7 cm³/mol. The van der Waals surface area contributed by atoms with Crippen molar-refractivity contribution in [3.05, 3.63) is 12.7 Å². The van der Waals surface area contributed by atoms with E-state index in [1.807, 2.05) is 0 Å². The normalized spacial score (nSPS) is 15.8. The van der Waals surface area contributed by atoms with Gasteiger partial charge >= 0.3 is 6.18 Å². The molecular weight excluding hydrogens is 186 g/mol. The van der Waals surface area contributed by atoms with Crippen molar-refractivity contribution >= 4 is 0 Å². The lowest BCUT2D eigenvalue weighted by molar-refractivity contribution is -0.199. The molecule has 0 aliphatic heterocycles. The third kappa shape index (κ3) is 3.64. The zero-order chi connectivity index (χ0) is 9.99. The summed E-state index contributed by atoms with van der Waals surface area (Å²) in [5, 5.41) is 0. The molecule has 0 aliphatic carbocycles. The van der Waals surface area contributed by atoms with Crippen molar-refractivity contribution in [3.8, 4) is 0 Å². The minimum atomic E-state index is -5.07. The van der Waals surface area contributed by atoms with Crippen molar-refractivity contribution in [2.24, 2.45) is 0 Å². The maximum Gasteiger partial charge on any atom is 0.394 e. The van der Waals surface area contributed by atoms with Gasteiger partial charge in [-0.1, -0.05) is 12.7 Å². The zero-order valence-electron chi connectivity index (χ0n) is 5.84. The minimum Gasteiger partial charge on any atom is -0.236 e. The number of allylic oxidation sites excluding steroid dienone is 1. The van der Waals surface area contributed by atoms with Gasteiger partial charge in [-0.2, -0.15) is 13.2 Å². The predicted octanol–water partition coefficient (Wildman–Crippen LogP) is 3.10. The van der Waals surface area contributed by atoms with E-state index in [0.717, 1.165) is 0 Å². The Kier molecular flexibility index (Phi) is 3.17. The van der Waals surface area contributed by atoms with Crippen molar-refractivity contribution in [2.75, 3.05) is 0 Å². The maximum atomic E-state index is 12.1. The summed E-state index contributed by atoms with van der Waals surface area (Å²) in [5.41, 5.74) is 0. The largest absolute Gasteiger partial charge is 0.394 e. The Morgan fingerprint density at radius 3 is 1.83 bits per heavy atom. The minimum absolute atomic E-state index is 0.145. The smallest absolute Gasteiger partial charge is 0.236 e. The van der Waals surface area contributed by atoms with Crippen LogP contribution in [0.15, 0.2) is 12.7 Å². The van der Waals surface area contributed by atoms with E-state index in [2.05, 4.69) is 6.58 Å². The topological polar surface area (TPSA) is 0 Å². The molecule has 72 valence electrons. The van der Waals surface area contributed by atoms with Gasteiger partial charge in [-0.15, -0.1) is 0 Å². The SMILES string of the molecule is C=CC(F)C(F)(F)CC(F)(F)F. The highest BCUT2D eigenvalue weighted by Gasteiger charge is 2.48. The van der Waals surface area contributed by atoms with Crippen LogP contribution in [-0.4, -0.2) is 18.3 Å². The van der Waals surface area contributed by atoms with Crippen LogP contribution < -0.4 is 0 Å². The summed E-state index contributed by atoms with van der Waals surface area (Å²) in [6, 6.07) is 0. The molecule has 0 amide bonds. The van der Waals surface area contributed by atoms with Gasteiger partial charge in [-0.25, -0.2) is 13.2 Å². The van der Waals surface area contributed by atoms with Crippen LogP contribution in [0.25, 0.3) is 0 Å². The molecule has 0 nitrogen and oxygen atoms in total. The molecule has 0 saturated heterocycles. The van der Waals surface area contributed by atoms with Gasteiger partial charge in [0.05, 0.1) is 0 Å². The molecule has 0 bridgehead atoms. The van der Waals surface area contributed by atoms with E-state index >= 15 is 0 Å². The lowest BCUT2D eigenvalue weighted by Gasteiger charge is -2.19. The lowest BCUT2D eigenvalue weighted by Crippen LogP contribution is -2.34. The van der Waals surface area contributed by atoms with E-state index in [-0.39, 0.29) is 6.08 Å². The van der Waals surface area contributed by atoms with Gasteiger partial charge in [0.25, 0.3) is 5.92 Å². The third-order valence-electron chi connectivity index (χ3n) is 1.05. The molecule has 1 atom stereocenters. The fourth-order valence-corrected chi connectivity index (χ4v) is 0.537. The molecule has 0 saturated carbocycles. The Morgan fingerprint density at radius 2 is 1.58 bits per heavy atom. The van der Waals surface area contributed by atoms with Crippen LogP contribution in [0.1, 0.15) is 6.42 Å². The van der Waals surface area contributed by atoms with Crippen LogP contribution >= 0.6 is 0 Å². The molecule has 0 spiro atoms. The number of rotatable bonds is 3. The van der Waals surface area contributed by atoms with E-state index in [0.29, 0.717) is 0 Å². The Bertz CT molecular complexity index is 158. The van der Waals surface area contributed by atoms with E-state index in [1.165, 1.54) is 0 Å². The van der Waals surface area contributed by atoms with Crippen molar-refractivity contribution in [1.82, 2.24) is 0 Å². The summed E-state index contributed by atoms with van der Waals surface area (Å²) in [6.07, 6.45) is -10.4. The van der Waals surface area contributed by atoms with Gasteiger partial charge in [0.15, 0.2) is 6.17 Å². The molecule has 0 aromatic heterocycles. The Balaban J connectivity index is 4.31. The van der Waals surface area contributed by atoms with Crippen LogP contribution in [-0.2, 0) is 0 Å². The van der Waals surface area contributed by atoms with Gasteiger partial charge in [0.2, 0.25) is 0 Å². The molecule has 0 fully saturated rings. The van der Waals surface area contributed by atoms with E-state index in [4.69, 9.17) is 0 Å². The highest BCUT2D eigenvalue weighted by atomic mass is 19.4. The average molecular weight is 192 g/mol. The molecule has 0 N–H and O–H groups in total. The van der Waals surface area contributed by atoms with Crippen molar-refractivity contribution in [2.45, 2.75) is 24.7 Å². The fourth-order valence-electron chi connectivity index (χ4n) is 0.537. The first-order valence-corrected chi connectivity index (χ1v) is 2.90. The average Bonchev–Trinajstić information content (AvgIpc) is 1.80. The van der Waals surface area contributed by atoms with E-state index in [1.54, 1.807) is 0 Å². The standard InChI is InChI=1S/C6H6F6/c1-2-4(7)5(8,9)3-6(10,11)12/h2,4H,1,3H2. The molecule has 0 aromatic carbocycles. The quantitative estimate of drug-likeness (QED) is 0.476. The maximum absolute atomic E-state index is 12.1. The van der Waals surface area contributed by atoms with Crippen LogP contribution in [0.2, 0.25) is 0 Å². The summed E-state index contributed by atoms with van der Waals surface area (Å²) >= 11 is 0. The van der Waals surface area contributed by atoms with Crippen LogP contribution in [0.3, 0.4) is 0 Å². The van der Waals surface area contributed by atoms with E-state index < -0.39 is 24.7 Å². The van der Waals surface area contributed by atoms with Gasteiger partial charge in [-0.05, 0) is 0 Å². The second-order valence-electron chi connectivity index (χ2n) is 2.19. The number of hydrogen-bond donors (Lipinski definition) is 0. The third-order valence-corrected chi connectivity index (χ3v) is 1.05. The summed E-state index contributed by atoms with van der Waals surface area (Å²) in [6.45, 7) is 2.63. The second kappa shape index (κ2) is 3.37. The van der Waals surface area contributed by atoms with Gasteiger partial charge in [0, 0.05) is 0 Å². The number of halogens is 6. The molecule has 12 heavy (non-hydrogen) atoms. The lowest BCUT2D eigenvalue weighted by atomic mass is 10.1. The molecule has 0 radical (unpaired) electrons. The Labute approximate surface area is 64.9 Å². The fraction of sp³-hybridized carbons (Fsp3) is 0.667. The molecule has 0 heterocycles. The number of alkyl halides is 6. The molecule has 6 heteroatoms. The van der Waals surface area contributed by atoms with Crippen molar-refractivity contribution in [1.29, 1.82) is 0 Å². The Hall–Kier alpha value is -0.680. The summed E-state index contributed by atoms with van der Waals surface area (Å²) < 4.78 is 70.5. The van der Waals surface area contributed by atoms with Crippen molar-refractivity contribution < 1.29 is 26.3 Å². The molecule has 0 rings (SSSR count). The first-order chi connectivity index (χ1) is 5.19. The zero-order valence-corrected chi connectivity index (χ0v) is 5.84. The Morgan fingerprint density at radius 1 is 1.17 bits per heavy atom. The summed E-state index contributed by atoms with van der Waals surface area (Å²) in [7, 11) is 0. The monoisotopic (exact) mass is 192 g/mol. The first-order valence-electron chi connectivity index (χ1n) is 2.90. The highest BCUT2D eigenvalue weighted by molar-refractivity contribution is 4.91. The van der Waals surface area contributed by atoms with Crippen LogP contribution in [0.4, 0.5) is 26.3 Å². The molecule has 0 aliphatic rings. The molecular formula is C6H6F6.